The van der Waals surface area contributed by atoms with Gasteiger partial charge in [0.1, 0.15) is 17.2 Å². The normalized spacial score (nSPS) is 15.4. The predicted molar refractivity (Wildman–Crippen MR) is 133 cm³/mol. The van der Waals surface area contributed by atoms with Crippen LogP contribution in [0.2, 0.25) is 0 Å². The maximum Gasteiger partial charge on any atom is 0.229 e. The van der Waals surface area contributed by atoms with E-state index in [9.17, 15) is 9.59 Å². The zero-order valence-corrected chi connectivity index (χ0v) is 18.7. The van der Waals surface area contributed by atoms with Crippen molar-refractivity contribution in [3.05, 3.63) is 91.0 Å². The van der Waals surface area contributed by atoms with Gasteiger partial charge < -0.3 is 19.7 Å². The van der Waals surface area contributed by atoms with Crippen LogP contribution in [0.15, 0.2) is 91.0 Å². The van der Waals surface area contributed by atoms with Crippen LogP contribution in [0.25, 0.3) is 10.8 Å². The Labute approximate surface area is 197 Å². The summed E-state index contributed by atoms with van der Waals surface area (Å²) in [7, 11) is 1.58. The minimum Gasteiger partial charge on any atom is -0.497 e. The monoisotopic (exact) mass is 452 g/mol. The van der Waals surface area contributed by atoms with Gasteiger partial charge in [-0.3, -0.25) is 9.59 Å². The fraction of sp³-hybridized carbons (Fsp3) is 0.143. The molecule has 2 amide bonds. The predicted octanol–water partition coefficient (Wildman–Crippen LogP) is 5.63. The zero-order valence-electron chi connectivity index (χ0n) is 18.7. The molecule has 6 nitrogen and oxygen atoms in total. The number of benzene rings is 4. The van der Waals surface area contributed by atoms with E-state index in [1.165, 1.54) is 0 Å². The molecule has 6 heteroatoms. The lowest BCUT2D eigenvalue weighted by Gasteiger charge is -2.17. The minimum absolute atomic E-state index is 0.0766. The number of anilines is 2. The molecule has 0 aliphatic carbocycles. The average molecular weight is 453 g/mol. The molecule has 34 heavy (non-hydrogen) atoms. The third-order valence-corrected chi connectivity index (χ3v) is 5.96. The highest BCUT2D eigenvalue weighted by molar-refractivity contribution is 6.03. The Hall–Kier alpha value is -4.32. The van der Waals surface area contributed by atoms with E-state index in [0.29, 0.717) is 23.7 Å². The lowest BCUT2D eigenvalue weighted by molar-refractivity contribution is -0.122. The number of hydrogen-bond donors (Lipinski definition) is 1. The molecule has 0 saturated carbocycles. The van der Waals surface area contributed by atoms with E-state index in [0.717, 1.165) is 22.2 Å². The third kappa shape index (κ3) is 4.43. The second-order valence-corrected chi connectivity index (χ2v) is 8.20. The molecule has 1 fully saturated rings. The summed E-state index contributed by atoms with van der Waals surface area (Å²) in [5, 5.41) is 5.07. The Morgan fingerprint density at radius 2 is 1.68 bits per heavy atom. The van der Waals surface area contributed by atoms with Gasteiger partial charge in [-0.2, -0.15) is 0 Å². The van der Waals surface area contributed by atoms with Crippen molar-refractivity contribution in [1.82, 2.24) is 0 Å². The molecule has 4 aromatic rings. The summed E-state index contributed by atoms with van der Waals surface area (Å²) in [4.78, 5) is 27.0. The highest BCUT2D eigenvalue weighted by Gasteiger charge is 2.35. The van der Waals surface area contributed by atoms with Crippen LogP contribution < -0.4 is 19.7 Å². The van der Waals surface area contributed by atoms with Crippen molar-refractivity contribution in [1.29, 1.82) is 0 Å². The van der Waals surface area contributed by atoms with Crippen molar-refractivity contribution in [3.8, 4) is 17.2 Å². The van der Waals surface area contributed by atoms with Crippen molar-refractivity contribution in [2.24, 2.45) is 5.92 Å². The van der Waals surface area contributed by atoms with Crippen molar-refractivity contribution >= 4 is 34.0 Å². The van der Waals surface area contributed by atoms with Crippen LogP contribution in [-0.2, 0) is 9.59 Å². The first-order chi connectivity index (χ1) is 16.6. The second kappa shape index (κ2) is 9.27. The van der Waals surface area contributed by atoms with Crippen LogP contribution in [0.4, 0.5) is 11.4 Å². The SMILES string of the molecule is COc1cccc(N2C[C@H](C(=O)Nc3ccc(Oc4cccc5ccccc45)cc3)CC2=O)c1. The molecule has 0 aromatic heterocycles. The van der Waals surface area contributed by atoms with E-state index >= 15 is 0 Å². The highest BCUT2D eigenvalue weighted by atomic mass is 16.5. The number of hydrogen-bond acceptors (Lipinski definition) is 4. The van der Waals surface area contributed by atoms with Gasteiger partial charge in [-0.15, -0.1) is 0 Å². The van der Waals surface area contributed by atoms with Gasteiger partial charge in [-0.05, 0) is 47.9 Å². The summed E-state index contributed by atoms with van der Waals surface area (Å²) in [6.45, 7) is 0.333. The fourth-order valence-electron chi connectivity index (χ4n) is 4.17. The maximum absolute atomic E-state index is 12.8. The lowest BCUT2D eigenvalue weighted by Crippen LogP contribution is -2.28. The molecule has 1 aliphatic rings. The Kier molecular flexibility index (Phi) is 5.87. The molecule has 0 radical (unpaired) electrons. The molecule has 0 bridgehead atoms. The summed E-state index contributed by atoms with van der Waals surface area (Å²) in [5.74, 6) is 1.44. The number of ether oxygens (including phenoxy) is 2. The van der Waals surface area contributed by atoms with Crippen molar-refractivity contribution in [2.75, 3.05) is 23.9 Å². The smallest absolute Gasteiger partial charge is 0.229 e. The Balaban J connectivity index is 1.23. The fourth-order valence-corrected chi connectivity index (χ4v) is 4.17. The Morgan fingerprint density at radius 1 is 0.912 bits per heavy atom. The summed E-state index contributed by atoms with van der Waals surface area (Å²) in [6, 6.07) is 28.5. The molecule has 1 heterocycles. The van der Waals surface area contributed by atoms with Gasteiger partial charge in [0.15, 0.2) is 0 Å². The number of fused-ring (bicyclic) bond motifs is 1. The van der Waals surface area contributed by atoms with Gasteiger partial charge in [-0.1, -0.05) is 42.5 Å². The van der Waals surface area contributed by atoms with Crippen molar-refractivity contribution in [2.45, 2.75) is 6.42 Å². The standard InChI is InChI=1S/C28H24N2O4/c1-33-24-9-5-8-22(17-24)30-18-20(16-27(30)31)28(32)29-21-12-14-23(15-13-21)34-26-11-4-7-19-6-2-3-10-25(19)26/h2-15,17,20H,16,18H2,1H3,(H,29,32)/t20-/m1/s1. The zero-order chi connectivity index (χ0) is 23.5. The van der Waals surface area contributed by atoms with Gasteiger partial charge in [-0.25, -0.2) is 0 Å². The maximum atomic E-state index is 12.8. The summed E-state index contributed by atoms with van der Waals surface area (Å²) in [5.41, 5.74) is 1.39. The molecule has 1 N–H and O–H groups in total. The van der Waals surface area contributed by atoms with Gasteiger partial charge in [0.2, 0.25) is 11.8 Å². The van der Waals surface area contributed by atoms with Crippen LogP contribution in [0.3, 0.4) is 0 Å². The van der Waals surface area contributed by atoms with Crippen molar-refractivity contribution < 1.29 is 19.1 Å². The van der Waals surface area contributed by atoms with Crippen LogP contribution in [0.5, 0.6) is 17.2 Å². The Bertz CT molecular complexity index is 1340. The van der Waals surface area contributed by atoms with Gasteiger partial charge in [0.25, 0.3) is 0 Å². The number of amides is 2. The first kappa shape index (κ1) is 21.5. The molecule has 5 rings (SSSR count). The average Bonchev–Trinajstić information content (AvgIpc) is 3.27. The minimum atomic E-state index is -0.426. The molecule has 1 aliphatic heterocycles. The summed E-state index contributed by atoms with van der Waals surface area (Å²) in [6.07, 6.45) is 0.172. The molecule has 4 aromatic carbocycles. The topological polar surface area (TPSA) is 67.9 Å². The number of methoxy groups -OCH3 is 1. The molecular weight excluding hydrogens is 428 g/mol. The van der Waals surface area contributed by atoms with E-state index in [1.54, 1.807) is 30.2 Å². The number of nitrogens with one attached hydrogen (secondary N) is 1. The van der Waals surface area contributed by atoms with E-state index in [-0.39, 0.29) is 18.2 Å². The molecular formula is C28H24N2O4. The summed E-state index contributed by atoms with van der Waals surface area (Å²) < 4.78 is 11.3. The Morgan fingerprint density at radius 3 is 2.50 bits per heavy atom. The number of carbonyl (C=O) groups is 2. The first-order valence-corrected chi connectivity index (χ1v) is 11.1. The van der Waals surface area contributed by atoms with Crippen LogP contribution >= 0.6 is 0 Å². The molecule has 1 saturated heterocycles. The van der Waals surface area contributed by atoms with E-state index in [2.05, 4.69) is 5.32 Å². The molecule has 1 atom stereocenters. The largest absolute Gasteiger partial charge is 0.497 e. The van der Waals surface area contributed by atoms with E-state index in [4.69, 9.17) is 9.47 Å². The van der Waals surface area contributed by atoms with E-state index in [1.807, 2.05) is 72.8 Å². The van der Waals surface area contributed by atoms with Gasteiger partial charge in [0.05, 0.1) is 13.0 Å². The first-order valence-electron chi connectivity index (χ1n) is 11.1. The van der Waals surface area contributed by atoms with Crippen LogP contribution in [0, 0.1) is 5.92 Å². The molecule has 170 valence electrons. The molecule has 0 unspecified atom stereocenters. The highest BCUT2D eigenvalue weighted by Crippen LogP contribution is 2.31. The third-order valence-electron chi connectivity index (χ3n) is 5.96. The lowest BCUT2D eigenvalue weighted by atomic mass is 10.1. The number of nitrogens with zero attached hydrogens (tertiary/aromatic N) is 1. The van der Waals surface area contributed by atoms with Crippen molar-refractivity contribution in [3.63, 3.8) is 0 Å². The quantitative estimate of drug-likeness (QED) is 0.412. The van der Waals surface area contributed by atoms with Gasteiger partial charge in [0, 0.05) is 35.8 Å². The number of carbonyl (C=O) groups excluding carboxylic acids is 2. The van der Waals surface area contributed by atoms with E-state index < -0.39 is 5.92 Å². The second-order valence-electron chi connectivity index (χ2n) is 8.20. The van der Waals surface area contributed by atoms with Crippen LogP contribution in [0.1, 0.15) is 6.42 Å². The molecule has 0 spiro atoms. The van der Waals surface area contributed by atoms with Gasteiger partial charge >= 0.3 is 0 Å². The number of rotatable bonds is 6. The summed E-state index contributed by atoms with van der Waals surface area (Å²) >= 11 is 0. The van der Waals surface area contributed by atoms with Crippen LogP contribution in [-0.4, -0.2) is 25.5 Å².